The zero-order valence-corrected chi connectivity index (χ0v) is 11.7. The maximum atomic E-state index is 11.4. The first-order chi connectivity index (χ1) is 8.34. The van der Waals surface area contributed by atoms with Gasteiger partial charge in [0.2, 0.25) is 0 Å². The van der Waals surface area contributed by atoms with Gasteiger partial charge in [-0.25, -0.2) is 8.42 Å². The summed E-state index contributed by atoms with van der Waals surface area (Å²) in [6, 6.07) is 7.09. The molecule has 1 unspecified atom stereocenters. The first kappa shape index (κ1) is 13.4. The average Bonchev–Trinajstić information content (AvgIpc) is 2.72. The molecule has 0 saturated carbocycles. The monoisotopic (exact) mass is 268 g/mol. The molecule has 0 aromatic heterocycles. The molecule has 0 aliphatic carbocycles. The van der Waals surface area contributed by atoms with Gasteiger partial charge in [0.15, 0.2) is 9.84 Å². The molecule has 100 valence electrons. The molecule has 1 atom stereocenters. The number of benzene rings is 1. The molecule has 5 heteroatoms. The van der Waals surface area contributed by atoms with Crippen molar-refractivity contribution in [1.29, 1.82) is 0 Å². The molecule has 0 spiro atoms. The lowest BCUT2D eigenvalue weighted by Crippen LogP contribution is -2.31. The zero-order chi connectivity index (χ0) is 13.4. The smallest absolute Gasteiger partial charge is 0.175 e. The van der Waals surface area contributed by atoms with Crippen LogP contribution in [0.1, 0.15) is 13.3 Å². The molecule has 0 amide bonds. The quantitative estimate of drug-likeness (QED) is 0.896. The lowest BCUT2D eigenvalue weighted by Gasteiger charge is -2.24. The number of nitrogens with two attached hydrogens (primary N) is 1. The van der Waals surface area contributed by atoms with Crippen molar-refractivity contribution in [2.45, 2.75) is 18.2 Å². The number of anilines is 1. The van der Waals surface area contributed by atoms with Crippen LogP contribution >= 0.6 is 0 Å². The van der Waals surface area contributed by atoms with Gasteiger partial charge in [0, 0.05) is 25.0 Å². The lowest BCUT2D eigenvalue weighted by molar-refractivity contribution is 0.383. The molecular weight excluding hydrogens is 248 g/mol. The molecule has 1 aliphatic heterocycles. The number of sulfone groups is 1. The van der Waals surface area contributed by atoms with Crippen LogP contribution in [0.2, 0.25) is 0 Å². The van der Waals surface area contributed by atoms with Crippen molar-refractivity contribution in [2.75, 3.05) is 30.8 Å². The van der Waals surface area contributed by atoms with Crippen molar-refractivity contribution in [3.05, 3.63) is 24.3 Å². The molecule has 2 rings (SSSR count). The summed E-state index contributed by atoms with van der Waals surface area (Å²) in [4.78, 5) is 2.63. The fourth-order valence-electron chi connectivity index (χ4n) is 2.31. The molecule has 1 aromatic carbocycles. The fraction of sp³-hybridized carbons (Fsp3) is 0.538. The van der Waals surface area contributed by atoms with Crippen molar-refractivity contribution in [1.82, 2.24) is 0 Å². The summed E-state index contributed by atoms with van der Waals surface area (Å²) in [5, 5.41) is 0. The zero-order valence-electron chi connectivity index (χ0n) is 10.9. The Labute approximate surface area is 109 Å². The highest BCUT2D eigenvalue weighted by Gasteiger charge is 2.32. The van der Waals surface area contributed by atoms with E-state index in [0.29, 0.717) is 11.4 Å². The molecule has 0 bridgehead atoms. The van der Waals surface area contributed by atoms with Crippen molar-refractivity contribution in [3.8, 4) is 0 Å². The fourth-order valence-corrected chi connectivity index (χ4v) is 2.95. The average molecular weight is 268 g/mol. The Hall–Kier alpha value is -1.07. The van der Waals surface area contributed by atoms with Gasteiger partial charge in [0.25, 0.3) is 0 Å². The Morgan fingerprint density at radius 3 is 2.39 bits per heavy atom. The summed E-state index contributed by atoms with van der Waals surface area (Å²) in [6.45, 7) is 4.79. The van der Waals surface area contributed by atoms with Gasteiger partial charge in [0.1, 0.15) is 0 Å². The van der Waals surface area contributed by atoms with Crippen molar-refractivity contribution >= 4 is 15.5 Å². The van der Waals surface area contributed by atoms with Gasteiger partial charge in [-0.15, -0.1) is 0 Å². The second-order valence-electron chi connectivity index (χ2n) is 5.45. The minimum Gasteiger partial charge on any atom is -0.371 e. The van der Waals surface area contributed by atoms with E-state index in [1.54, 1.807) is 12.1 Å². The van der Waals surface area contributed by atoms with E-state index in [2.05, 4.69) is 11.8 Å². The summed E-state index contributed by atoms with van der Waals surface area (Å²) in [7, 11) is -3.11. The second-order valence-corrected chi connectivity index (χ2v) is 7.47. The Balaban J connectivity index is 2.17. The topological polar surface area (TPSA) is 63.4 Å². The lowest BCUT2D eigenvalue weighted by atomic mass is 9.90. The standard InChI is InChI=1S/C13H20N2O2S/c1-13(9-14)7-8-15(10-13)11-3-5-12(6-4-11)18(2,16)17/h3-6H,7-10,14H2,1-2H3. The van der Waals surface area contributed by atoms with Gasteiger partial charge < -0.3 is 10.6 Å². The van der Waals surface area contributed by atoms with Crippen LogP contribution in [0.25, 0.3) is 0 Å². The van der Waals surface area contributed by atoms with E-state index in [0.717, 1.165) is 25.2 Å². The van der Waals surface area contributed by atoms with E-state index in [4.69, 9.17) is 5.73 Å². The van der Waals surface area contributed by atoms with Crippen molar-refractivity contribution in [3.63, 3.8) is 0 Å². The van der Waals surface area contributed by atoms with Gasteiger partial charge in [0.05, 0.1) is 4.90 Å². The van der Waals surface area contributed by atoms with Crippen molar-refractivity contribution < 1.29 is 8.42 Å². The summed E-state index contributed by atoms with van der Waals surface area (Å²) < 4.78 is 22.8. The Morgan fingerprint density at radius 2 is 1.94 bits per heavy atom. The van der Waals surface area contributed by atoms with E-state index in [1.165, 1.54) is 6.26 Å². The molecule has 1 aromatic rings. The third-order valence-electron chi connectivity index (χ3n) is 3.68. The molecule has 18 heavy (non-hydrogen) atoms. The molecule has 1 saturated heterocycles. The summed E-state index contributed by atoms with van der Waals surface area (Å²) >= 11 is 0. The highest BCUT2D eigenvalue weighted by molar-refractivity contribution is 7.90. The van der Waals surface area contributed by atoms with E-state index in [9.17, 15) is 8.42 Å². The van der Waals surface area contributed by atoms with Gasteiger partial charge in [-0.2, -0.15) is 0 Å². The van der Waals surface area contributed by atoms with Crippen LogP contribution in [-0.4, -0.2) is 34.3 Å². The Kier molecular flexibility index (Phi) is 3.38. The second kappa shape index (κ2) is 4.55. The molecule has 2 N–H and O–H groups in total. The number of nitrogens with zero attached hydrogens (tertiary/aromatic N) is 1. The number of hydrogen-bond donors (Lipinski definition) is 1. The van der Waals surface area contributed by atoms with E-state index >= 15 is 0 Å². The van der Waals surface area contributed by atoms with Crippen LogP contribution in [-0.2, 0) is 9.84 Å². The first-order valence-corrected chi connectivity index (χ1v) is 7.98. The molecule has 1 heterocycles. The maximum Gasteiger partial charge on any atom is 0.175 e. The SMILES string of the molecule is CC1(CN)CCN(c2ccc(S(C)(=O)=O)cc2)C1. The normalized spacial score (nSPS) is 24.5. The summed E-state index contributed by atoms with van der Waals surface area (Å²) in [5.74, 6) is 0. The Bertz CT molecular complexity index is 524. The predicted octanol–water partition coefficient (Wildman–Crippen LogP) is 1.27. The van der Waals surface area contributed by atoms with Crippen LogP contribution in [0.15, 0.2) is 29.2 Å². The first-order valence-electron chi connectivity index (χ1n) is 6.09. The van der Waals surface area contributed by atoms with Crippen LogP contribution in [0.4, 0.5) is 5.69 Å². The van der Waals surface area contributed by atoms with Crippen molar-refractivity contribution in [2.24, 2.45) is 11.1 Å². The minimum atomic E-state index is -3.11. The highest BCUT2D eigenvalue weighted by Crippen LogP contribution is 2.32. The minimum absolute atomic E-state index is 0.176. The van der Waals surface area contributed by atoms with E-state index in [-0.39, 0.29) is 5.41 Å². The predicted molar refractivity (Wildman–Crippen MR) is 73.5 cm³/mol. The molecule has 4 nitrogen and oxygen atoms in total. The number of hydrogen-bond acceptors (Lipinski definition) is 4. The van der Waals surface area contributed by atoms with E-state index in [1.807, 2.05) is 12.1 Å². The van der Waals surface area contributed by atoms with Gasteiger partial charge in [-0.1, -0.05) is 6.92 Å². The van der Waals surface area contributed by atoms with Gasteiger partial charge in [-0.05, 0) is 42.6 Å². The highest BCUT2D eigenvalue weighted by atomic mass is 32.2. The van der Waals surface area contributed by atoms with Gasteiger partial charge >= 0.3 is 0 Å². The van der Waals surface area contributed by atoms with Gasteiger partial charge in [-0.3, -0.25) is 0 Å². The maximum absolute atomic E-state index is 11.4. The Morgan fingerprint density at radius 1 is 1.33 bits per heavy atom. The van der Waals surface area contributed by atoms with Crippen LogP contribution in [0.3, 0.4) is 0 Å². The van der Waals surface area contributed by atoms with Crippen LogP contribution < -0.4 is 10.6 Å². The molecule has 1 fully saturated rings. The number of rotatable bonds is 3. The largest absolute Gasteiger partial charge is 0.371 e. The molecule has 0 radical (unpaired) electrons. The molecule has 1 aliphatic rings. The van der Waals surface area contributed by atoms with Crippen LogP contribution in [0.5, 0.6) is 0 Å². The van der Waals surface area contributed by atoms with E-state index < -0.39 is 9.84 Å². The summed E-state index contributed by atoms with van der Waals surface area (Å²) in [6.07, 6.45) is 2.31. The molecular formula is C13H20N2O2S. The van der Waals surface area contributed by atoms with Crippen LogP contribution in [0, 0.1) is 5.41 Å². The summed E-state index contributed by atoms with van der Waals surface area (Å²) in [5.41, 5.74) is 7.03. The third-order valence-corrected chi connectivity index (χ3v) is 4.81. The third kappa shape index (κ3) is 2.67.